The number of aryl methyl sites for hydroxylation is 1. The second kappa shape index (κ2) is 8.70. The second-order valence-electron chi connectivity index (χ2n) is 8.33. The minimum absolute atomic E-state index is 0.181. The van der Waals surface area contributed by atoms with E-state index < -0.39 is 17.6 Å². The molecule has 2 aliphatic rings. The van der Waals surface area contributed by atoms with E-state index in [1.54, 1.807) is 6.92 Å². The smallest absolute Gasteiger partial charge is 0.358 e. The fraction of sp³-hybridized carbons (Fsp3) is 0.417. The number of aromatic nitrogens is 1. The normalized spacial score (nSPS) is 17.4. The Bertz CT molecular complexity index is 1140. The maximum atomic E-state index is 13.3. The summed E-state index contributed by atoms with van der Waals surface area (Å²) in [6, 6.07) is 3.27. The molecule has 9 heteroatoms. The van der Waals surface area contributed by atoms with Gasteiger partial charge in [-0.3, -0.25) is 9.59 Å². The number of halogens is 3. The maximum absolute atomic E-state index is 13.3. The molecule has 0 radical (unpaired) electrons. The summed E-state index contributed by atoms with van der Waals surface area (Å²) in [5.41, 5.74) is 3.40. The Hall–Kier alpha value is -3.07. The van der Waals surface area contributed by atoms with Crippen LogP contribution in [-0.2, 0) is 17.4 Å². The number of carbonyl (C=O) groups is 2. The molecule has 1 aliphatic carbocycles. The Balaban J connectivity index is 1.67. The van der Waals surface area contributed by atoms with E-state index in [2.05, 4.69) is 34.4 Å². The zero-order valence-electron chi connectivity index (χ0n) is 18.9. The molecule has 1 aromatic carbocycles. The largest absolute Gasteiger partial charge is 0.416 e. The standard InChI is InChI=1S/C24H27F3N4O2/c1-4-31(5-2)11-10-28-22(32)19-13(3)29-21-15(19)7-8-16(21)20-17-12-14(24(25,26)27)6-9-18(17)30-23(20)33/h6,9,12,29H,4-5,7-8,10-11H2,1-3H3,(H,28,32)(H,30,33)/b20-16-. The third kappa shape index (κ3) is 4.17. The molecule has 2 amide bonds. The number of likely N-dealkylation sites (N-methyl/N-ethyl adjacent to an activating group) is 1. The number of aromatic amines is 1. The average Bonchev–Trinajstić information content (AvgIpc) is 3.40. The first kappa shape index (κ1) is 23.1. The molecule has 176 valence electrons. The SMILES string of the molecule is CCN(CC)CCNC(=O)c1c(C)[nH]c2c1CC/C2=C1/C(=O)Nc2ccc(C(F)(F)F)cc21. The van der Waals surface area contributed by atoms with Crippen molar-refractivity contribution in [2.24, 2.45) is 0 Å². The van der Waals surface area contributed by atoms with Gasteiger partial charge in [0.1, 0.15) is 0 Å². The minimum atomic E-state index is -4.50. The van der Waals surface area contributed by atoms with Gasteiger partial charge >= 0.3 is 6.18 Å². The van der Waals surface area contributed by atoms with Crippen molar-refractivity contribution in [2.75, 3.05) is 31.5 Å². The van der Waals surface area contributed by atoms with Gasteiger partial charge in [0.15, 0.2) is 0 Å². The molecule has 4 rings (SSSR count). The van der Waals surface area contributed by atoms with Crippen molar-refractivity contribution in [2.45, 2.75) is 39.8 Å². The molecular weight excluding hydrogens is 433 g/mol. The minimum Gasteiger partial charge on any atom is -0.358 e. The van der Waals surface area contributed by atoms with Crippen molar-refractivity contribution in [1.29, 1.82) is 0 Å². The number of hydrogen-bond donors (Lipinski definition) is 3. The number of hydrogen-bond acceptors (Lipinski definition) is 3. The summed E-state index contributed by atoms with van der Waals surface area (Å²) in [5.74, 6) is -0.608. The first-order valence-electron chi connectivity index (χ1n) is 11.1. The lowest BCUT2D eigenvalue weighted by Crippen LogP contribution is -2.35. The van der Waals surface area contributed by atoms with Crippen LogP contribution in [0.2, 0.25) is 0 Å². The number of H-pyrrole nitrogens is 1. The van der Waals surface area contributed by atoms with E-state index >= 15 is 0 Å². The van der Waals surface area contributed by atoms with Crippen molar-refractivity contribution in [3.8, 4) is 0 Å². The van der Waals surface area contributed by atoms with Crippen LogP contribution in [0.5, 0.6) is 0 Å². The number of benzene rings is 1. The molecule has 2 aromatic rings. The highest BCUT2D eigenvalue weighted by Crippen LogP contribution is 2.45. The molecule has 0 unspecified atom stereocenters. The number of amides is 2. The van der Waals surface area contributed by atoms with E-state index in [1.807, 2.05) is 0 Å². The Kier molecular flexibility index (Phi) is 6.09. The van der Waals surface area contributed by atoms with Crippen LogP contribution >= 0.6 is 0 Å². The average molecular weight is 461 g/mol. The number of rotatable bonds is 6. The molecule has 1 aliphatic heterocycles. The Labute approximate surface area is 190 Å². The Morgan fingerprint density at radius 3 is 2.58 bits per heavy atom. The van der Waals surface area contributed by atoms with Gasteiger partial charge < -0.3 is 20.5 Å². The van der Waals surface area contributed by atoms with Gasteiger partial charge in [0.25, 0.3) is 11.8 Å². The van der Waals surface area contributed by atoms with E-state index in [0.717, 1.165) is 37.3 Å². The summed E-state index contributed by atoms with van der Waals surface area (Å²) in [4.78, 5) is 31.1. The molecule has 0 spiro atoms. The summed E-state index contributed by atoms with van der Waals surface area (Å²) < 4.78 is 39.8. The van der Waals surface area contributed by atoms with Crippen molar-refractivity contribution in [3.05, 3.63) is 51.8 Å². The molecule has 33 heavy (non-hydrogen) atoms. The van der Waals surface area contributed by atoms with Crippen molar-refractivity contribution >= 4 is 28.6 Å². The predicted molar refractivity (Wildman–Crippen MR) is 121 cm³/mol. The number of anilines is 1. The van der Waals surface area contributed by atoms with Crippen LogP contribution in [-0.4, -0.2) is 47.9 Å². The van der Waals surface area contributed by atoms with Crippen LogP contribution in [0.4, 0.5) is 18.9 Å². The predicted octanol–water partition coefficient (Wildman–Crippen LogP) is 4.22. The molecule has 1 aromatic heterocycles. The lowest BCUT2D eigenvalue weighted by Gasteiger charge is -2.18. The molecule has 0 saturated carbocycles. The van der Waals surface area contributed by atoms with Crippen LogP contribution < -0.4 is 10.6 Å². The highest BCUT2D eigenvalue weighted by Gasteiger charge is 2.37. The summed E-state index contributed by atoms with van der Waals surface area (Å²) in [7, 11) is 0. The van der Waals surface area contributed by atoms with E-state index in [4.69, 9.17) is 0 Å². The van der Waals surface area contributed by atoms with Gasteiger partial charge in [-0.1, -0.05) is 13.8 Å². The van der Waals surface area contributed by atoms with Gasteiger partial charge in [-0.15, -0.1) is 0 Å². The summed E-state index contributed by atoms with van der Waals surface area (Å²) in [6.07, 6.45) is -3.49. The summed E-state index contributed by atoms with van der Waals surface area (Å²) in [5, 5.41) is 5.63. The molecule has 0 bridgehead atoms. The lowest BCUT2D eigenvalue weighted by molar-refractivity contribution is -0.137. The van der Waals surface area contributed by atoms with Gasteiger partial charge in [0.05, 0.1) is 16.7 Å². The van der Waals surface area contributed by atoms with Crippen molar-refractivity contribution in [1.82, 2.24) is 15.2 Å². The number of fused-ring (bicyclic) bond motifs is 2. The first-order chi connectivity index (χ1) is 15.7. The van der Waals surface area contributed by atoms with Gasteiger partial charge in [-0.05, 0) is 62.2 Å². The number of nitrogens with zero attached hydrogens (tertiary/aromatic N) is 1. The zero-order chi connectivity index (χ0) is 23.9. The number of carbonyl (C=O) groups excluding carboxylic acids is 2. The number of nitrogens with one attached hydrogen (secondary N) is 3. The van der Waals surface area contributed by atoms with E-state index in [0.29, 0.717) is 47.6 Å². The Morgan fingerprint density at radius 2 is 1.91 bits per heavy atom. The third-order valence-corrected chi connectivity index (χ3v) is 6.45. The van der Waals surface area contributed by atoms with Crippen LogP contribution in [0, 0.1) is 6.92 Å². The van der Waals surface area contributed by atoms with Crippen LogP contribution in [0.1, 0.15) is 58.7 Å². The summed E-state index contributed by atoms with van der Waals surface area (Å²) >= 11 is 0. The molecule has 0 atom stereocenters. The molecule has 0 fully saturated rings. The highest BCUT2D eigenvalue weighted by atomic mass is 19.4. The van der Waals surface area contributed by atoms with E-state index in [-0.39, 0.29) is 17.0 Å². The van der Waals surface area contributed by atoms with Crippen molar-refractivity contribution < 1.29 is 22.8 Å². The van der Waals surface area contributed by atoms with Gasteiger partial charge in [0.2, 0.25) is 0 Å². The van der Waals surface area contributed by atoms with Crippen molar-refractivity contribution in [3.63, 3.8) is 0 Å². The number of alkyl halides is 3. The highest BCUT2D eigenvalue weighted by molar-refractivity contribution is 6.37. The molecule has 6 nitrogen and oxygen atoms in total. The van der Waals surface area contributed by atoms with E-state index in [1.165, 1.54) is 6.07 Å². The first-order valence-corrected chi connectivity index (χ1v) is 11.1. The van der Waals surface area contributed by atoms with Gasteiger partial charge in [-0.25, -0.2) is 0 Å². The topological polar surface area (TPSA) is 77.2 Å². The Morgan fingerprint density at radius 1 is 1.18 bits per heavy atom. The van der Waals surface area contributed by atoms with Crippen LogP contribution in [0.15, 0.2) is 18.2 Å². The zero-order valence-corrected chi connectivity index (χ0v) is 18.9. The molecular formula is C24H27F3N4O2. The molecule has 3 N–H and O–H groups in total. The van der Waals surface area contributed by atoms with Gasteiger partial charge in [-0.2, -0.15) is 13.2 Å². The van der Waals surface area contributed by atoms with Crippen LogP contribution in [0.3, 0.4) is 0 Å². The third-order valence-electron chi connectivity index (χ3n) is 6.45. The maximum Gasteiger partial charge on any atom is 0.416 e. The molecule has 2 heterocycles. The van der Waals surface area contributed by atoms with Crippen LogP contribution in [0.25, 0.3) is 11.1 Å². The quantitative estimate of drug-likeness (QED) is 0.565. The monoisotopic (exact) mass is 460 g/mol. The second-order valence-corrected chi connectivity index (χ2v) is 8.33. The number of allylic oxidation sites excluding steroid dienone is 1. The lowest BCUT2D eigenvalue weighted by atomic mass is 9.97. The van der Waals surface area contributed by atoms with Gasteiger partial charge in [0, 0.05) is 35.7 Å². The summed E-state index contributed by atoms with van der Waals surface area (Å²) in [6.45, 7) is 9.01. The fourth-order valence-electron chi connectivity index (χ4n) is 4.72. The molecule has 0 saturated heterocycles. The fourth-order valence-corrected chi connectivity index (χ4v) is 4.72. The van der Waals surface area contributed by atoms with E-state index in [9.17, 15) is 22.8 Å².